The smallest absolute Gasteiger partial charge is 0.126 e. The maximum atomic E-state index is 10.3. The molecular formula is C22H20N2O. The molecule has 2 atom stereocenters. The van der Waals surface area contributed by atoms with Crippen molar-refractivity contribution in [1.29, 1.82) is 0 Å². The standard InChI is InChI=1S/C22H20N2O/c25-21-14-8-7-13-18(21)20-15-19(16-9-3-1-4-10-16)23-22(24-20)17-11-5-2-6-12-17/h1-14,19,22-23,25H,15H2/t19-,22+/m1/s1. The zero-order valence-electron chi connectivity index (χ0n) is 13.8. The summed E-state index contributed by atoms with van der Waals surface area (Å²) < 4.78 is 0. The van der Waals surface area contributed by atoms with Crippen LogP contribution in [-0.2, 0) is 0 Å². The van der Waals surface area contributed by atoms with Crippen molar-refractivity contribution < 1.29 is 5.11 Å². The van der Waals surface area contributed by atoms with Gasteiger partial charge in [0.1, 0.15) is 11.9 Å². The molecule has 3 aromatic carbocycles. The van der Waals surface area contributed by atoms with E-state index in [4.69, 9.17) is 4.99 Å². The molecule has 0 amide bonds. The highest BCUT2D eigenvalue weighted by Gasteiger charge is 2.26. The number of aliphatic imine (C=N–C) groups is 1. The molecule has 4 rings (SSSR count). The summed E-state index contributed by atoms with van der Waals surface area (Å²) >= 11 is 0. The Balaban J connectivity index is 1.76. The van der Waals surface area contributed by atoms with Gasteiger partial charge in [-0.3, -0.25) is 10.3 Å². The molecule has 0 bridgehead atoms. The average Bonchev–Trinajstić information content (AvgIpc) is 2.69. The SMILES string of the molecule is Oc1ccccc1C1=N[C@@H](c2ccccc2)N[C@@H](c2ccccc2)C1. The van der Waals surface area contributed by atoms with Crippen molar-refractivity contribution in [2.75, 3.05) is 0 Å². The zero-order valence-corrected chi connectivity index (χ0v) is 13.8. The first-order chi connectivity index (χ1) is 12.3. The lowest BCUT2D eigenvalue weighted by molar-refractivity contribution is 0.439. The van der Waals surface area contributed by atoms with Crippen LogP contribution in [0.5, 0.6) is 5.75 Å². The molecule has 1 aliphatic rings. The number of nitrogens with zero attached hydrogens (tertiary/aromatic N) is 1. The van der Waals surface area contributed by atoms with Crippen molar-refractivity contribution in [2.24, 2.45) is 4.99 Å². The molecule has 1 aliphatic heterocycles. The number of benzene rings is 3. The van der Waals surface area contributed by atoms with Gasteiger partial charge in [0.15, 0.2) is 0 Å². The minimum Gasteiger partial charge on any atom is -0.507 e. The number of hydrogen-bond donors (Lipinski definition) is 2. The van der Waals surface area contributed by atoms with E-state index in [0.717, 1.165) is 23.3 Å². The Bertz CT molecular complexity index is 875. The van der Waals surface area contributed by atoms with Crippen LogP contribution >= 0.6 is 0 Å². The molecule has 0 saturated heterocycles. The highest BCUT2D eigenvalue weighted by atomic mass is 16.3. The van der Waals surface area contributed by atoms with Crippen molar-refractivity contribution in [3.05, 3.63) is 102 Å². The van der Waals surface area contributed by atoms with E-state index in [2.05, 4.69) is 41.7 Å². The lowest BCUT2D eigenvalue weighted by atomic mass is 9.93. The van der Waals surface area contributed by atoms with Crippen LogP contribution in [0.1, 0.15) is 35.3 Å². The molecule has 0 fully saturated rings. The predicted molar refractivity (Wildman–Crippen MR) is 101 cm³/mol. The molecule has 25 heavy (non-hydrogen) atoms. The average molecular weight is 328 g/mol. The Morgan fingerprint density at radius 1 is 0.760 bits per heavy atom. The Morgan fingerprint density at radius 3 is 2.04 bits per heavy atom. The van der Waals surface area contributed by atoms with Crippen LogP contribution in [-0.4, -0.2) is 10.8 Å². The highest BCUT2D eigenvalue weighted by Crippen LogP contribution is 2.32. The molecule has 0 saturated carbocycles. The van der Waals surface area contributed by atoms with Gasteiger partial charge in [-0.25, -0.2) is 0 Å². The largest absolute Gasteiger partial charge is 0.507 e. The number of phenols is 1. The summed E-state index contributed by atoms with van der Waals surface area (Å²) in [6.45, 7) is 0. The minimum atomic E-state index is -0.130. The van der Waals surface area contributed by atoms with Crippen LogP contribution in [0.3, 0.4) is 0 Å². The van der Waals surface area contributed by atoms with E-state index in [1.165, 1.54) is 5.56 Å². The van der Waals surface area contributed by atoms with Crippen LogP contribution in [0.15, 0.2) is 89.9 Å². The molecule has 3 nitrogen and oxygen atoms in total. The molecule has 0 aromatic heterocycles. The fraction of sp³-hybridized carbons (Fsp3) is 0.136. The maximum absolute atomic E-state index is 10.3. The van der Waals surface area contributed by atoms with Crippen LogP contribution in [0.4, 0.5) is 0 Å². The maximum Gasteiger partial charge on any atom is 0.126 e. The number of phenolic OH excluding ortho intramolecular Hbond substituents is 1. The van der Waals surface area contributed by atoms with E-state index < -0.39 is 0 Å². The van der Waals surface area contributed by atoms with Crippen molar-refractivity contribution in [2.45, 2.75) is 18.6 Å². The third-order valence-corrected chi connectivity index (χ3v) is 4.57. The molecule has 0 spiro atoms. The van der Waals surface area contributed by atoms with Gasteiger partial charge in [0.2, 0.25) is 0 Å². The minimum absolute atomic E-state index is 0.130. The van der Waals surface area contributed by atoms with Gasteiger partial charge in [-0.2, -0.15) is 0 Å². The number of hydrogen-bond acceptors (Lipinski definition) is 3. The first kappa shape index (κ1) is 15.6. The van der Waals surface area contributed by atoms with Gasteiger partial charge in [-0.15, -0.1) is 0 Å². The predicted octanol–water partition coefficient (Wildman–Crippen LogP) is 4.61. The highest BCUT2D eigenvalue weighted by molar-refractivity contribution is 6.03. The topological polar surface area (TPSA) is 44.6 Å². The fourth-order valence-corrected chi connectivity index (χ4v) is 3.29. The molecule has 1 heterocycles. The Morgan fingerprint density at radius 2 is 1.36 bits per heavy atom. The van der Waals surface area contributed by atoms with Crippen molar-refractivity contribution in [3.8, 4) is 5.75 Å². The summed E-state index contributed by atoms with van der Waals surface area (Å²) in [5.74, 6) is 0.279. The van der Waals surface area contributed by atoms with Crippen LogP contribution in [0.25, 0.3) is 0 Å². The summed E-state index contributed by atoms with van der Waals surface area (Å²) in [5, 5.41) is 13.9. The lowest BCUT2D eigenvalue weighted by Crippen LogP contribution is -2.33. The zero-order chi connectivity index (χ0) is 17.1. The van der Waals surface area contributed by atoms with Crippen LogP contribution in [0, 0.1) is 0 Å². The molecule has 0 aliphatic carbocycles. The summed E-state index contributed by atoms with van der Waals surface area (Å²) in [4.78, 5) is 4.90. The molecule has 2 N–H and O–H groups in total. The molecule has 0 unspecified atom stereocenters. The fourth-order valence-electron chi connectivity index (χ4n) is 3.29. The summed E-state index contributed by atoms with van der Waals surface area (Å²) in [6.07, 6.45) is 0.611. The van der Waals surface area contributed by atoms with Gasteiger partial charge in [0.05, 0.1) is 5.71 Å². The summed E-state index contributed by atoms with van der Waals surface area (Å²) in [7, 11) is 0. The molecule has 124 valence electrons. The molecule has 0 radical (unpaired) electrons. The van der Waals surface area contributed by atoms with Gasteiger partial charge in [0, 0.05) is 18.0 Å². The lowest BCUT2D eigenvalue weighted by Gasteiger charge is -2.30. The van der Waals surface area contributed by atoms with Gasteiger partial charge < -0.3 is 5.11 Å². The summed E-state index contributed by atoms with van der Waals surface area (Å²) in [5.41, 5.74) is 4.09. The van der Waals surface area contributed by atoms with Gasteiger partial charge >= 0.3 is 0 Å². The molecular weight excluding hydrogens is 308 g/mol. The normalized spacial score (nSPS) is 20.1. The second kappa shape index (κ2) is 6.91. The van der Waals surface area contributed by atoms with E-state index in [1.54, 1.807) is 6.07 Å². The third-order valence-electron chi connectivity index (χ3n) is 4.57. The first-order valence-corrected chi connectivity index (χ1v) is 8.52. The second-order valence-corrected chi connectivity index (χ2v) is 6.24. The van der Waals surface area contributed by atoms with Crippen molar-refractivity contribution in [3.63, 3.8) is 0 Å². The summed E-state index contributed by atoms with van der Waals surface area (Å²) in [6, 6.07) is 28.2. The number of aromatic hydroxyl groups is 1. The van der Waals surface area contributed by atoms with Crippen molar-refractivity contribution in [1.82, 2.24) is 5.32 Å². The van der Waals surface area contributed by atoms with Crippen LogP contribution in [0.2, 0.25) is 0 Å². The van der Waals surface area contributed by atoms with E-state index in [1.807, 2.05) is 42.5 Å². The van der Waals surface area contributed by atoms with Gasteiger partial charge in [-0.05, 0) is 23.3 Å². The Kier molecular flexibility index (Phi) is 4.32. The molecule has 3 aromatic rings. The van der Waals surface area contributed by atoms with Gasteiger partial charge in [0.25, 0.3) is 0 Å². The third kappa shape index (κ3) is 3.32. The van der Waals surface area contributed by atoms with E-state index in [-0.39, 0.29) is 18.0 Å². The number of nitrogens with one attached hydrogen (secondary N) is 1. The second-order valence-electron chi connectivity index (χ2n) is 6.24. The monoisotopic (exact) mass is 328 g/mol. The van der Waals surface area contributed by atoms with Crippen LogP contribution < -0.4 is 5.32 Å². The Hall–Kier alpha value is -2.91. The molecule has 3 heteroatoms. The Labute approximate surface area is 147 Å². The first-order valence-electron chi connectivity index (χ1n) is 8.52. The number of rotatable bonds is 3. The van der Waals surface area contributed by atoms with E-state index in [0.29, 0.717) is 0 Å². The quantitative estimate of drug-likeness (QED) is 0.737. The van der Waals surface area contributed by atoms with Crippen molar-refractivity contribution >= 4 is 5.71 Å². The number of para-hydroxylation sites is 1. The van der Waals surface area contributed by atoms with E-state index >= 15 is 0 Å². The van der Waals surface area contributed by atoms with Gasteiger partial charge in [-0.1, -0.05) is 72.8 Å². The van der Waals surface area contributed by atoms with E-state index in [9.17, 15) is 5.11 Å².